The molecule has 0 atom stereocenters. The fraction of sp³-hybridized carbons (Fsp3) is 0.200. The Kier molecular flexibility index (Phi) is 2.97. The summed E-state index contributed by atoms with van der Waals surface area (Å²) in [5.41, 5.74) is 2.60. The highest BCUT2D eigenvalue weighted by Gasteiger charge is 2.15. The van der Waals surface area contributed by atoms with E-state index in [1.54, 1.807) is 0 Å². The van der Waals surface area contributed by atoms with Crippen LogP contribution in [-0.2, 0) is 0 Å². The molecule has 0 bridgehead atoms. The Bertz CT molecular complexity index is 449. The van der Waals surface area contributed by atoms with Gasteiger partial charge in [0.15, 0.2) is 0 Å². The first-order chi connectivity index (χ1) is 7.57. The van der Waals surface area contributed by atoms with Crippen molar-refractivity contribution in [2.24, 2.45) is 0 Å². The van der Waals surface area contributed by atoms with Gasteiger partial charge in [-0.25, -0.2) is 0 Å². The highest BCUT2D eigenvalue weighted by Crippen LogP contribution is 2.18. The first-order valence-electron chi connectivity index (χ1n) is 5.73. The van der Waals surface area contributed by atoms with Gasteiger partial charge < -0.3 is 0 Å². The molecule has 0 heterocycles. The molecule has 0 spiro atoms. The molecule has 0 N–H and O–H groups in total. The van der Waals surface area contributed by atoms with E-state index in [4.69, 9.17) is 0 Å². The zero-order valence-corrected chi connectivity index (χ0v) is 11.2. The second-order valence-electron chi connectivity index (χ2n) is 5.19. The van der Waals surface area contributed by atoms with E-state index in [9.17, 15) is 0 Å². The lowest BCUT2D eigenvalue weighted by Crippen LogP contribution is -2.37. The van der Waals surface area contributed by atoms with Crippen LogP contribution in [0.15, 0.2) is 54.6 Å². The van der Waals surface area contributed by atoms with Crippen LogP contribution in [0.25, 0.3) is 11.1 Å². The maximum atomic E-state index is 2.38. The molecule has 0 radical (unpaired) electrons. The lowest BCUT2D eigenvalue weighted by Gasteiger charge is -2.16. The summed E-state index contributed by atoms with van der Waals surface area (Å²) >= 11 is 0. The van der Waals surface area contributed by atoms with Crippen LogP contribution in [-0.4, -0.2) is 8.07 Å². The molecule has 2 aromatic rings. The Morgan fingerprint density at radius 2 is 1.12 bits per heavy atom. The van der Waals surface area contributed by atoms with E-state index in [2.05, 4.69) is 74.2 Å². The molecule has 0 fully saturated rings. The molecule has 0 nitrogen and oxygen atoms in total. The Balaban J connectivity index is 2.34. The summed E-state index contributed by atoms with van der Waals surface area (Å²) in [6, 6.07) is 19.6. The van der Waals surface area contributed by atoms with Gasteiger partial charge in [-0.2, -0.15) is 0 Å². The van der Waals surface area contributed by atoms with E-state index < -0.39 is 8.07 Å². The molecule has 1 heteroatoms. The highest BCUT2D eigenvalue weighted by atomic mass is 28.3. The molecule has 0 saturated heterocycles. The van der Waals surface area contributed by atoms with Crippen LogP contribution in [0.4, 0.5) is 0 Å². The summed E-state index contributed by atoms with van der Waals surface area (Å²) < 4.78 is 0. The molecule has 0 aromatic heterocycles. The van der Waals surface area contributed by atoms with Gasteiger partial charge in [0.25, 0.3) is 0 Å². The van der Waals surface area contributed by atoms with Gasteiger partial charge in [-0.1, -0.05) is 79.4 Å². The van der Waals surface area contributed by atoms with Gasteiger partial charge in [0, 0.05) is 0 Å². The summed E-state index contributed by atoms with van der Waals surface area (Å²) in [6.07, 6.45) is 0. The summed E-state index contributed by atoms with van der Waals surface area (Å²) in [7, 11) is -1.16. The molecule has 16 heavy (non-hydrogen) atoms. The van der Waals surface area contributed by atoms with E-state index in [0.29, 0.717) is 0 Å². The lowest BCUT2D eigenvalue weighted by atomic mass is 10.1. The van der Waals surface area contributed by atoms with Gasteiger partial charge >= 0.3 is 0 Å². The Hall–Kier alpha value is -1.34. The average molecular weight is 226 g/mol. The van der Waals surface area contributed by atoms with Crippen LogP contribution in [0.2, 0.25) is 19.6 Å². The number of rotatable bonds is 2. The van der Waals surface area contributed by atoms with E-state index in [-0.39, 0.29) is 0 Å². The Morgan fingerprint density at radius 1 is 0.625 bits per heavy atom. The number of hydrogen-bond donors (Lipinski definition) is 0. The van der Waals surface area contributed by atoms with Crippen molar-refractivity contribution < 1.29 is 0 Å². The normalized spacial score (nSPS) is 11.4. The topological polar surface area (TPSA) is 0 Å². The minimum atomic E-state index is -1.16. The molecule has 0 amide bonds. The third kappa shape index (κ3) is 2.42. The molecule has 0 saturated carbocycles. The molecule has 2 aromatic carbocycles. The van der Waals surface area contributed by atoms with Gasteiger partial charge in [-0.3, -0.25) is 0 Å². The third-order valence-electron chi connectivity index (χ3n) is 2.86. The van der Waals surface area contributed by atoms with Crippen molar-refractivity contribution in [2.75, 3.05) is 0 Å². The fourth-order valence-corrected chi connectivity index (χ4v) is 2.96. The predicted octanol–water partition coefficient (Wildman–Crippen LogP) is 3.90. The minimum Gasteiger partial charge on any atom is -0.0656 e. The summed E-state index contributed by atoms with van der Waals surface area (Å²) in [5.74, 6) is 0. The molecular formula is C15H18Si. The van der Waals surface area contributed by atoms with Crippen molar-refractivity contribution in [3.8, 4) is 11.1 Å². The largest absolute Gasteiger partial charge is 0.0775 e. The van der Waals surface area contributed by atoms with Crippen LogP contribution < -0.4 is 5.19 Å². The molecular weight excluding hydrogens is 208 g/mol. The Labute approximate surface area is 99.0 Å². The van der Waals surface area contributed by atoms with Gasteiger partial charge in [0.1, 0.15) is 0 Å². The number of hydrogen-bond acceptors (Lipinski definition) is 0. The lowest BCUT2D eigenvalue weighted by molar-refractivity contribution is 1.62. The predicted molar refractivity (Wildman–Crippen MR) is 74.9 cm³/mol. The minimum absolute atomic E-state index is 1.16. The van der Waals surface area contributed by atoms with Crippen molar-refractivity contribution in [3.05, 3.63) is 54.6 Å². The van der Waals surface area contributed by atoms with E-state index in [1.807, 2.05) is 0 Å². The van der Waals surface area contributed by atoms with Crippen LogP contribution >= 0.6 is 0 Å². The summed E-state index contributed by atoms with van der Waals surface area (Å²) in [4.78, 5) is 0. The molecule has 0 aliphatic rings. The zero-order valence-electron chi connectivity index (χ0n) is 10.2. The first-order valence-corrected chi connectivity index (χ1v) is 9.23. The molecule has 2 rings (SSSR count). The third-order valence-corrected chi connectivity index (χ3v) is 4.92. The van der Waals surface area contributed by atoms with Gasteiger partial charge in [-0.15, -0.1) is 0 Å². The Morgan fingerprint density at radius 3 is 1.62 bits per heavy atom. The first kappa shape index (κ1) is 11.2. The molecule has 0 aliphatic carbocycles. The van der Waals surface area contributed by atoms with Crippen LogP contribution in [0.1, 0.15) is 0 Å². The summed E-state index contributed by atoms with van der Waals surface area (Å²) in [5, 5.41) is 1.52. The van der Waals surface area contributed by atoms with E-state index in [0.717, 1.165) is 0 Å². The second-order valence-corrected chi connectivity index (χ2v) is 10.3. The number of benzene rings is 2. The van der Waals surface area contributed by atoms with Crippen molar-refractivity contribution in [1.29, 1.82) is 0 Å². The van der Waals surface area contributed by atoms with Crippen molar-refractivity contribution in [1.82, 2.24) is 0 Å². The van der Waals surface area contributed by atoms with Gasteiger partial charge in [-0.05, 0) is 11.1 Å². The van der Waals surface area contributed by atoms with E-state index in [1.165, 1.54) is 16.3 Å². The van der Waals surface area contributed by atoms with Crippen molar-refractivity contribution in [2.45, 2.75) is 19.6 Å². The molecule has 82 valence electrons. The fourth-order valence-electron chi connectivity index (χ4n) is 1.79. The SMILES string of the molecule is C[Si](C)(C)c1ccc(-c2ccccc2)cc1. The highest BCUT2D eigenvalue weighted by molar-refractivity contribution is 6.88. The van der Waals surface area contributed by atoms with E-state index >= 15 is 0 Å². The van der Waals surface area contributed by atoms with Gasteiger partial charge in [0.05, 0.1) is 8.07 Å². The van der Waals surface area contributed by atoms with Crippen LogP contribution in [0.3, 0.4) is 0 Å². The monoisotopic (exact) mass is 226 g/mol. The smallest absolute Gasteiger partial charge is 0.0656 e. The van der Waals surface area contributed by atoms with Crippen LogP contribution in [0.5, 0.6) is 0 Å². The maximum Gasteiger partial charge on any atom is 0.0775 e. The molecule has 0 unspecified atom stereocenters. The van der Waals surface area contributed by atoms with Crippen LogP contribution in [0, 0.1) is 0 Å². The van der Waals surface area contributed by atoms with Crippen molar-refractivity contribution in [3.63, 3.8) is 0 Å². The maximum absolute atomic E-state index is 2.38. The van der Waals surface area contributed by atoms with Gasteiger partial charge in [0.2, 0.25) is 0 Å². The second kappa shape index (κ2) is 4.26. The quantitative estimate of drug-likeness (QED) is 0.681. The zero-order chi connectivity index (χ0) is 11.6. The molecule has 0 aliphatic heterocycles. The van der Waals surface area contributed by atoms with Crippen molar-refractivity contribution >= 4 is 13.3 Å². The average Bonchev–Trinajstić information content (AvgIpc) is 2.29. The standard InChI is InChI=1S/C15H18Si/c1-16(2,3)15-11-9-14(10-12-15)13-7-5-4-6-8-13/h4-12H,1-3H3. The summed E-state index contributed by atoms with van der Waals surface area (Å²) in [6.45, 7) is 7.14.